The number of pyridine rings is 1. The van der Waals surface area contributed by atoms with Crippen molar-refractivity contribution < 1.29 is 9.53 Å². The van der Waals surface area contributed by atoms with Crippen LogP contribution in [0.4, 0.5) is 11.8 Å². The molecule has 1 fully saturated rings. The van der Waals surface area contributed by atoms with Crippen molar-refractivity contribution in [2.24, 2.45) is 0 Å². The number of aromatic nitrogens is 3. The Hall–Kier alpha value is -2.74. The molecule has 132 valence electrons. The van der Waals surface area contributed by atoms with Gasteiger partial charge < -0.3 is 20.3 Å². The summed E-state index contributed by atoms with van der Waals surface area (Å²) in [6, 6.07) is 5.68. The highest BCUT2D eigenvalue weighted by atomic mass is 16.5. The van der Waals surface area contributed by atoms with E-state index in [4.69, 9.17) is 4.74 Å². The van der Waals surface area contributed by atoms with E-state index in [2.05, 4.69) is 30.5 Å². The van der Waals surface area contributed by atoms with Crippen LogP contribution < -0.4 is 15.5 Å². The zero-order valence-electron chi connectivity index (χ0n) is 14.0. The van der Waals surface area contributed by atoms with Crippen molar-refractivity contribution in [3.63, 3.8) is 0 Å². The van der Waals surface area contributed by atoms with Crippen molar-refractivity contribution in [3.8, 4) is 0 Å². The summed E-state index contributed by atoms with van der Waals surface area (Å²) in [5.41, 5.74) is 1.03. The van der Waals surface area contributed by atoms with Gasteiger partial charge in [-0.05, 0) is 23.8 Å². The van der Waals surface area contributed by atoms with Crippen molar-refractivity contribution in [1.29, 1.82) is 0 Å². The standard InChI is InChI=1S/C17H22N6O2/c24-16(3-7-21-17-19-4-1-5-20-17)22-13-14-2-6-18-15(12-14)23-8-10-25-11-9-23/h1-2,4-6,12H,3,7-11,13H2,(H,22,24)(H,19,20,21). The smallest absolute Gasteiger partial charge is 0.222 e. The molecule has 25 heavy (non-hydrogen) atoms. The second-order valence-corrected chi connectivity index (χ2v) is 5.65. The lowest BCUT2D eigenvalue weighted by atomic mass is 10.2. The van der Waals surface area contributed by atoms with Crippen LogP contribution in [-0.4, -0.2) is 53.7 Å². The van der Waals surface area contributed by atoms with Gasteiger partial charge in [0.15, 0.2) is 0 Å². The molecule has 0 aliphatic carbocycles. The fourth-order valence-corrected chi connectivity index (χ4v) is 2.50. The minimum Gasteiger partial charge on any atom is -0.378 e. The molecule has 0 radical (unpaired) electrons. The van der Waals surface area contributed by atoms with Crippen LogP contribution in [0.15, 0.2) is 36.8 Å². The third-order valence-corrected chi connectivity index (χ3v) is 3.84. The number of hydrogen-bond donors (Lipinski definition) is 2. The molecule has 3 rings (SSSR count). The third-order valence-electron chi connectivity index (χ3n) is 3.84. The van der Waals surface area contributed by atoms with Gasteiger partial charge in [0.1, 0.15) is 5.82 Å². The maximum absolute atomic E-state index is 12.0. The minimum atomic E-state index is -0.0202. The summed E-state index contributed by atoms with van der Waals surface area (Å²) in [5, 5.41) is 5.94. The molecule has 1 aliphatic rings. The first-order valence-electron chi connectivity index (χ1n) is 8.36. The molecule has 1 aliphatic heterocycles. The first-order chi connectivity index (χ1) is 12.3. The van der Waals surface area contributed by atoms with Gasteiger partial charge in [-0.25, -0.2) is 15.0 Å². The van der Waals surface area contributed by atoms with Gasteiger partial charge in [0, 0.05) is 51.2 Å². The van der Waals surface area contributed by atoms with Crippen LogP contribution in [0, 0.1) is 0 Å². The number of hydrogen-bond acceptors (Lipinski definition) is 7. The van der Waals surface area contributed by atoms with E-state index in [0.717, 1.165) is 37.7 Å². The van der Waals surface area contributed by atoms with E-state index in [1.165, 1.54) is 0 Å². The SMILES string of the molecule is O=C(CCNc1ncccn1)NCc1ccnc(N2CCOCC2)c1. The first-order valence-corrected chi connectivity index (χ1v) is 8.36. The van der Waals surface area contributed by atoms with Gasteiger partial charge in [0.25, 0.3) is 0 Å². The molecule has 8 nitrogen and oxygen atoms in total. The van der Waals surface area contributed by atoms with Crippen LogP contribution >= 0.6 is 0 Å². The Morgan fingerprint density at radius 1 is 1.16 bits per heavy atom. The monoisotopic (exact) mass is 342 g/mol. The van der Waals surface area contributed by atoms with Crippen molar-refractivity contribution in [2.75, 3.05) is 43.1 Å². The normalized spacial score (nSPS) is 14.2. The van der Waals surface area contributed by atoms with Crippen molar-refractivity contribution in [1.82, 2.24) is 20.3 Å². The predicted octanol–water partition coefficient (Wildman–Crippen LogP) is 0.827. The fraction of sp³-hybridized carbons (Fsp3) is 0.412. The second kappa shape index (κ2) is 8.93. The van der Waals surface area contributed by atoms with E-state index in [-0.39, 0.29) is 5.91 Å². The summed E-state index contributed by atoms with van der Waals surface area (Å²) >= 11 is 0. The summed E-state index contributed by atoms with van der Waals surface area (Å²) in [7, 11) is 0. The number of rotatable bonds is 7. The van der Waals surface area contributed by atoms with Gasteiger partial charge in [-0.2, -0.15) is 0 Å². The van der Waals surface area contributed by atoms with E-state index >= 15 is 0 Å². The van der Waals surface area contributed by atoms with E-state index < -0.39 is 0 Å². The second-order valence-electron chi connectivity index (χ2n) is 5.65. The van der Waals surface area contributed by atoms with E-state index in [1.807, 2.05) is 12.1 Å². The lowest BCUT2D eigenvalue weighted by Crippen LogP contribution is -2.36. The van der Waals surface area contributed by atoms with Crippen molar-refractivity contribution >= 4 is 17.7 Å². The molecular weight excluding hydrogens is 320 g/mol. The predicted molar refractivity (Wildman–Crippen MR) is 94.3 cm³/mol. The summed E-state index contributed by atoms with van der Waals surface area (Å²) in [5.74, 6) is 1.44. The molecule has 3 heterocycles. The molecule has 2 aromatic heterocycles. The number of nitrogens with zero attached hydrogens (tertiary/aromatic N) is 4. The lowest BCUT2D eigenvalue weighted by Gasteiger charge is -2.28. The Balaban J connectivity index is 1.42. The molecule has 0 atom stereocenters. The molecule has 2 aromatic rings. The third kappa shape index (κ3) is 5.39. The highest BCUT2D eigenvalue weighted by Gasteiger charge is 2.12. The van der Waals surface area contributed by atoms with Crippen molar-refractivity contribution in [2.45, 2.75) is 13.0 Å². The Morgan fingerprint density at radius 2 is 1.96 bits per heavy atom. The summed E-state index contributed by atoms with van der Waals surface area (Å²) in [6.45, 7) is 4.11. The van der Waals surface area contributed by atoms with Gasteiger partial charge in [0.2, 0.25) is 11.9 Å². The van der Waals surface area contributed by atoms with E-state index in [1.54, 1.807) is 24.7 Å². The number of carbonyl (C=O) groups is 1. The highest BCUT2D eigenvalue weighted by molar-refractivity contribution is 5.76. The zero-order valence-corrected chi connectivity index (χ0v) is 14.0. The lowest BCUT2D eigenvalue weighted by molar-refractivity contribution is -0.121. The minimum absolute atomic E-state index is 0.0202. The van der Waals surface area contributed by atoms with Crippen molar-refractivity contribution in [3.05, 3.63) is 42.4 Å². The Bertz CT molecular complexity index is 676. The average molecular weight is 342 g/mol. The summed E-state index contributed by atoms with van der Waals surface area (Å²) in [6.07, 6.45) is 5.45. The quantitative estimate of drug-likeness (QED) is 0.770. The number of ether oxygens (including phenoxy) is 1. The molecule has 0 spiro atoms. The van der Waals surface area contributed by atoms with E-state index in [9.17, 15) is 4.79 Å². The largest absolute Gasteiger partial charge is 0.378 e. The first kappa shape index (κ1) is 17.1. The molecule has 0 bridgehead atoms. The number of nitrogens with one attached hydrogen (secondary N) is 2. The topological polar surface area (TPSA) is 92.3 Å². The Labute approximate surface area is 146 Å². The molecule has 2 N–H and O–H groups in total. The average Bonchev–Trinajstić information content (AvgIpc) is 2.68. The Kier molecular flexibility index (Phi) is 6.11. The van der Waals surface area contributed by atoms with E-state index in [0.29, 0.717) is 25.5 Å². The van der Waals surface area contributed by atoms with Crippen LogP contribution in [0.5, 0.6) is 0 Å². The van der Waals surface area contributed by atoms with Crippen LogP contribution in [-0.2, 0) is 16.1 Å². The fourth-order valence-electron chi connectivity index (χ4n) is 2.50. The Morgan fingerprint density at radius 3 is 2.76 bits per heavy atom. The van der Waals surface area contributed by atoms with Crippen LogP contribution in [0.25, 0.3) is 0 Å². The molecule has 0 saturated carbocycles. The molecule has 0 aromatic carbocycles. The van der Waals surface area contributed by atoms with Crippen LogP contribution in [0.1, 0.15) is 12.0 Å². The maximum Gasteiger partial charge on any atom is 0.222 e. The maximum atomic E-state index is 12.0. The van der Waals surface area contributed by atoms with Gasteiger partial charge in [-0.15, -0.1) is 0 Å². The summed E-state index contributed by atoms with van der Waals surface area (Å²) in [4.78, 5) is 26.7. The zero-order chi connectivity index (χ0) is 17.3. The van der Waals surface area contributed by atoms with Gasteiger partial charge in [-0.1, -0.05) is 0 Å². The molecular formula is C17H22N6O2. The number of anilines is 2. The molecule has 8 heteroatoms. The molecule has 1 saturated heterocycles. The van der Waals surface area contributed by atoms with Gasteiger partial charge in [-0.3, -0.25) is 4.79 Å². The van der Waals surface area contributed by atoms with Crippen LogP contribution in [0.3, 0.4) is 0 Å². The van der Waals surface area contributed by atoms with Crippen LogP contribution in [0.2, 0.25) is 0 Å². The molecule has 0 unspecified atom stereocenters. The molecule has 1 amide bonds. The number of morpholine rings is 1. The number of amides is 1. The van der Waals surface area contributed by atoms with Gasteiger partial charge >= 0.3 is 0 Å². The summed E-state index contributed by atoms with van der Waals surface area (Å²) < 4.78 is 5.36. The van der Waals surface area contributed by atoms with Gasteiger partial charge in [0.05, 0.1) is 13.2 Å². The highest BCUT2D eigenvalue weighted by Crippen LogP contribution is 2.14. The number of carbonyl (C=O) groups excluding carboxylic acids is 1.